The standard InChI is InChI=1S/C12H26N2/c1-10(4-5-13)7-14-8-11(2)6-12(3)9-14/h10-12H,4-9,13H2,1-3H3. The quantitative estimate of drug-likeness (QED) is 0.748. The Labute approximate surface area is 88.8 Å². The number of likely N-dealkylation sites (tertiary alicyclic amines) is 1. The normalized spacial score (nSPS) is 31.7. The van der Waals surface area contributed by atoms with Gasteiger partial charge in [0.1, 0.15) is 0 Å². The van der Waals surface area contributed by atoms with Gasteiger partial charge in [-0.15, -0.1) is 0 Å². The lowest BCUT2D eigenvalue weighted by atomic mass is 9.91. The van der Waals surface area contributed by atoms with Crippen molar-refractivity contribution in [3.05, 3.63) is 0 Å². The van der Waals surface area contributed by atoms with Gasteiger partial charge < -0.3 is 10.6 Å². The summed E-state index contributed by atoms with van der Waals surface area (Å²) in [7, 11) is 0. The Morgan fingerprint density at radius 2 is 1.86 bits per heavy atom. The van der Waals surface area contributed by atoms with Crippen molar-refractivity contribution in [1.29, 1.82) is 0 Å². The van der Waals surface area contributed by atoms with Crippen LogP contribution in [0.5, 0.6) is 0 Å². The van der Waals surface area contributed by atoms with Crippen LogP contribution in [0.4, 0.5) is 0 Å². The molecule has 0 aliphatic carbocycles. The van der Waals surface area contributed by atoms with E-state index in [0.717, 1.165) is 24.3 Å². The molecule has 1 aliphatic heterocycles. The number of nitrogens with two attached hydrogens (primary N) is 1. The summed E-state index contributed by atoms with van der Waals surface area (Å²) in [5.41, 5.74) is 5.57. The van der Waals surface area contributed by atoms with E-state index in [4.69, 9.17) is 5.73 Å². The van der Waals surface area contributed by atoms with Crippen molar-refractivity contribution < 1.29 is 0 Å². The van der Waals surface area contributed by atoms with Gasteiger partial charge in [-0.3, -0.25) is 0 Å². The summed E-state index contributed by atoms with van der Waals surface area (Å²) < 4.78 is 0. The number of hydrogen-bond donors (Lipinski definition) is 1. The summed E-state index contributed by atoms with van der Waals surface area (Å²) in [5, 5.41) is 0. The second-order valence-corrected chi connectivity index (χ2v) is 5.35. The maximum atomic E-state index is 5.57. The fraction of sp³-hybridized carbons (Fsp3) is 1.00. The third-order valence-corrected chi connectivity index (χ3v) is 3.17. The largest absolute Gasteiger partial charge is 0.330 e. The number of piperidine rings is 1. The van der Waals surface area contributed by atoms with E-state index in [1.165, 1.54) is 32.5 Å². The maximum Gasteiger partial charge on any atom is 0.000772 e. The number of hydrogen-bond acceptors (Lipinski definition) is 2. The first-order valence-electron chi connectivity index (χ1n) is 6.04. The zero-order chi connectivity index (χ0) is 10.6. The molecule has 0 radical (unpaired) electrons. The minimum atomic E-state index is 0.762. The number of nitrogens with zero attached hydrogens (tertiary/aromatic N) is 1. The molecule has 0 spiro atoms. The molecule has 1 aliphatic rings. The van der Waals surface area contributed by atoms with E-state index in [9.17, 15) is 0 Å². The van der Waals surface area contributed by atoms with Gasteiger partial charge >= 0.3 is 0 Å². The molecule has 84 valence electrons. The molecule has 0 aromatic heterocycles. The lowest BCUT2D eigenvalue weighted by molar-refractivity contribution is 0.123. The van der Waals surface area contributed by atoms with Crippen molar-refractivity contribution >= 4 is 0 Å². The highest BCUT2D eigenvalue weighted by atomic mass is 15.1. The Morgan fingerprint density at radius 1 is 1.29 bits per heavy atom. The van der Waals surface area contributed by atoms with Crippen molar-refractivity contribution in [1.82, 2.24) is 4.90 Å². The fourth-order valence-electron chi connectivity index (χ4n) is 2.76. The second-order valence-electron chi connectivity index (χ2n) is 5.35. The predicted molar refractivity (Wildman–Crippen MR) is 62.2 cm³/mol. The summed E-state index contributed by atoms with van der Waals surface area (Å²) in [6.45, 7) is 11.7. The van der Waals surface area contributed by atoms with E-state index in [2.05, 4.69) is 25.7 Å². The van der Waals surface area contributed by atoms with Crippen LogP contribution in [0.25, 0.3) is 0 Å². The van der Waals surface area contributed by atoms with E-state index < -0.39 is 0 Å². The average Bonchev–Trinajstić information content (AvgIpc) is 2.01. The van der Waals surface area contributed by atoms with Crippen LogP contribution < -0.4 is 5.73 Å². The van der Waals surface area contributed by atoms with Crippen LogP contribution in [0.15, 0.2) is 0 Å². The average molecular weight is 198 g/mol. The second kappa shape index (κ2) is 5.72. The minimum Gasteiger partial charge on any atom is -0.330 e. The molecule has 0 aromatic rings. The van der Waals surface area contributed by atoms with Gasteiger partial charge in [0.2, 0.25) is 0 Å². The molecule has 3 unspecified atom stereocenters. The van der Waals surface area contributed by atoms with Gasteiger partial charge in [-0.2, -0.15) is 0 Å². The molecule has 2 nitrogen and oxygen atoms in total. The fourth-order valence-corrected chi connectivity index (χ4v) is 2.76. The Hall–Kier alpha value is -0.0800. The molecule has 0 saturated carbocycles. The van der Waals surface area contributed by atoms with Crippen LogP contribution in [-0.2, 0) is 0 Å². The highest BCUT2D eigenvalue weighted by Crippen LogP contribution is 2.21. The molecule has 0 bridgehead atoms. The van der Waals surface area contributed by atoms with E-state index in [0.29, 0.717) is 0 Å². The Balaban J connectivity index is 2.29. The van der Waals surface area contributed by atoms with Crippen LogP contribution in [-0.4, -0.2) is 31.1 Å². The predicted octanol–water partition coefficient (Wildman–Crippen LogP) is 1.95. The molecular formula is C12H26N2. The van der Waals surface area contributed by atoms with Gasteiger partial charge in [0.25, 0.3) is 0 Å². The Morgan fingerprint density at radius 3 is 2.36 bits per heavy atom. The zero-order valence-electron chi connectivity index (χ0n) is 10.00. The van der Waals surface area contributed by atoms with Crippen LogP contribution in [0.3, 0.4) is 0 Å². The van der Waals surface area contributed by atoms with Crippen LogP contribution in [0.1, 0.15) is 33.6 Å². The smallest absolute Gasteiger partial charge is 0.000772 e. The van der Waals surface area contributed by atoms with Gasteiger partial charge in [-0.25, -0.2) is 0 Å². The lowest BCUT2D eigenvalue weighted by Gasteiger charge is -2.36. The molecule has 0 aromatic carbocycles. The molecule has 1 heterocycles. The van der Waals surface area contributed by atoms with E-state index in [1.54, 1.807) is 0 Å². The third-order valence-electron chi connectivity index (χ3n) is 3.17. The highest BCUT2D eigenvalue weighted by molar-refractivity contribution is 4.75. The van der Waals surface area contributed by atoms with Crippen LogP contribution in [0.2, 0.25) is 0 Å². The zero-order valence-corrected chi connectivity index (χ0v) is 10.00. The molecule has 1 rings (SSSR count). The molecule has 3 atom stereocenters. The summed E-state index contributed by atoms with van der Waals surface area (Å²) in [4.78, 5) is 2.62. The first-order chi connectivity index (χ1) is 6.61. The summed E-state index contributed by atoms with van der Waals surface area (Å²) in [5.74, 6) is 2.52. The first kappa shape index (κ1) is 12.0. The van der Waals surface area contributed by atoms with Gasteiger partial charge in [-0.1, -0.05) is 20.8 Å². The summed E-state index contributed by atoms with van der Waals surface area (Å²) in [6.07, 6.45) is 2.57. The van der Waals surface area contributed by atoms with Crippen LogP contribution >= 0.6 is 0 Å². The Bertz CT molecular complexity index is 148. The van der Waals surface area contributed by atoms with Gasteiger partial charge in [0, 0.05) is 19.6 Å². The SMILES string of the molecule is CC(CCN)CN1CC(C)CC(C)C1. The summed E-state index contributed by atoms with van der Waals surface area (Å²) >= 11 is 0. The lowest BCUT2D eigenvalue weighted by Crippen LogP contribution is -2.41. The van der Waals surface area contributed by atoms with Crippen molar-refractivity contribution in [2.24, 2.45) is 23.5 Å². The van der Waals surface area contributed by atoms with Crippen LogP contribution in [0, 0.1) is 17.8 Å². The van der Waals surface area contributed by atoms with Gasteiger partial charge in [0.15, 0.2) is 0 Å². The van der Waals surface area contributed by atoms with Crippen molar-refractivity contribution in [3.63, 3.8) is 0 Å². The monoisotopic (exact) mass is 198 g/mol. The first-order valence-corrected chi connectivity index (χ1v) is 6.04. The highest BCUT2D eigenvalue weighted by Gasteiger charge is 2.22. The molecule has 2 heteroatoms. The summed E-state index contributed by atoms with van der Waals surface area (Å²) in [6, 6.07) is 0. The Kier molecular flexibility index (Phi) is 4.90. The molecule has 14 heavy (non-hydrogen) atoms. The molecular weight excluding hydrogens is 172 g/mol. The van der Waals surface area contributed by atoms with Crippen molar-refractivity contribution in [3.8, 4) is 0 Å². The van der Waals surface area contributed by atoms with E-state index in [1.807, 2.05) is 0 Å². The van der Waals surface area contributed by atoms with Crippen molar-refractivity contribution in [2.45, 2.75) is 33.6 Å². The molecule has 2 N–H and O–H groups in total. The van der Waals surface area contributed by atoms with Crippen molar-refractivity contribution in [2.75, 3.05) is 26.2 Å². The molecule has 1 fully saturated rings. The van der Waals surface area contributed by atoms with E-state index in [-0.39, 0.29) is 0 Å². The minimum absolute atomic E-state index is 0.762. The third kappa shape index (κ3) is 3.97. The van der Waals surface area contributed by atoms with Gasteiger partial charge in [-0.05, 0) is 37.1 Å². The van der Waals surface area contributed by atoms with Gasteiger partial charge in [0.05, 0.1) is 0 Å². The topological polar surface area (TPSA) is 29.3 Å². The molecule has 0 amide bonds. The van der Waals surface area contributed by atoms with E-state index >= 15 is 0 Å². The molecule has 1 saturated heterocycles. The number of rotatable bonds is 4. The maximum absolute atomic E-state index is 5.57.